The second kappa shape index (κ2) is 10.1. The lowest BCUT2D eigenvalue weighted by Crippen LogP contribution is -2.33. The number of fused-ring (bicyclic) bond motifs is 1. The zero-order chi connectivity index (χ0) is 26.0. The fourth-order valence-corrected chi connectivity index (χ4v) is 4.84. The van der Waals surface area contributed by atoms with Gasteiger partial charge in [0.1, 0.15) is 28.8 Å². The topological polar surface area (TPSA) is 106 Å². The molecule has 0 radical (unpaired) electrons. The number of hydrogen-bond donors (Lipinski definition) is 1. The Bertz CT molecular complexity index is 1440. The fourth-order valence-electron chi connectivity index (χ4n) is 4.05. The SMILES string of the molecule is CCNC(=O)c1ccc(-c2ccc3c(c2)CN(C(=O)c2ccc(S(C)(=O)=O)c(F)c2C)CCO3)cn1. The van der Waals surface area contributed by atoms with E-state index in [0.29, 0.717) is 18.0 Å². The van der Waals surface area contributed by atoms with Gasteiger partial charge in [-0.25, -0.2) is 12.8 Å². The van der Waals surface area contributed by atoms with Crippen molar-refractivity contribution in [2.45, 2.75) is 25.3 Å². The highest BCUT2D eigenvalue weighted by molar-refractivity contribution is 7.90. The molecule has 0 saturated heterocycles. The summed E-state index contributed by atoms with van der Waals surface area (Å²) in [5, 5.41) is 2.71. The van der Waals surface area contributed by atoms with Gasteiger partial charge in [-0.2, -0.15) is 0 Å². The smallest absolute Gasteiger partial charge is 0.269 e. The number of rotatable bonds is 5. The number of carbonyl (C=O) groups is 2. The Labute approximate surface area is 209 Å². The van der Waals surface area contributed by atoms with E-state index >= 15 is 0 Å². The molecule has 1 aliphatic rings. The number of halogens is 1. The van der Waals surface area contributed by atoms with E-state index in [9.17, 15) is 22.4 Å². The highest BCUT2D eigenvalue weighted by Crippen LogP contribution is 2.30. The number of sulfone groups is 1. The van der Waals surface area contributed by atoms with Crippen molar-refractivity contribution in [1.82, 2.24) is 15.2 Å². The average molecular weight is 512 g/mol. The molecule has 0 atom stereocenters. The lowest BCUT2D eigenvalue weighted by Gasteiger charge is -2.21. The fraction of sp³-hybridized carbons (Fsp3) is 0.269. The molecule has 1 aliphatic heterocycles. The third-order valence-electron chi connectivity index (χ3n) is 5.98. The van der Waals surface area contributed by atoms with Crippen LogP contribution in [0.5, 0.6) is 5.75 Å². The predicted octanol–water partition coefficient (Wildman–Crippen LogP) is 3.38. The summed E-state index contributed by atoms with van der Waals surface area (Å²) in [6, 6.07) is 11.5. The molecule has 36 heavy (non-hydrogen) atoms. The number of ether oxygens (including phenoxy) is 1. The number of benzene rings is 2. The third kappa shape index (κ3) is 5.08. The van der Waals surface area contributed by atoms with Gasteiger partial charge in [0.15, 0.2) is 9.84 Å². The number of aromatic nitrogens is 1. The van der Waals surface area contributed by atoms with Gasteiger partial charge in [0.2, 0.25) is 0 Å². The molecule has 188 valence electrons. The molecular weight excluding hydrogens is 485 g/mol. The van der Waals surface area contributed by atoms with Crippen molar-refractivity contribution in [1.29, 1.82) is 0 Å². The monoisotopic (exact) mass is 511 g/mol. The molecule has 2 heterocycles. The van der Waals surface area contributed by atoms with Gasteiger partial charge in [-0.15, -0.1) is 0 Å². The lowest BCUT2D eigenvalue weighted by molar-refractivity contribution is 0.0731. The summed E-state index contributed by atoms with van der Waals surface area (Å²) in [5.74, 6) is -0.942. The van der Waals surface area contributed by atoms with Crippen LogP contribution in [-0.4, -0.2) is 56.1 Å². The van der Waals surface area contributed by atoms with Crippen molar-refractivity contribution < 1.29 is 27.1 Å². The Morgan fingerprint density at radius 2 is 1.89 bits per heavy atom. The molecule has 0 bridgehead atoms. The molecular formula is C26H26FN3O5S. The van der Waals surface area contributed by atoms with Gasteiger partial charge >= 0.3 is 0 Å². The van der Waals surface area contributed by atoms with Crippen LogP contribution in [0.25, 0.3) is 11.1 Å². The second-order valence-electron chi connectivity index (χ2n) is 8.51. The number of amides is 2. The molecule has 0 unspecified atom stereocenters. The van der Waals surface area contributed by atoms with E-state index in [-0.39, 0.29) is 36.7 Å². The Kier molecular flexibility index (Phi) is 7.07. The van der Waals surface area contributed by atoms with Crippen LogP contribution in [0.3, 0.4) is 0 Å². The lowest BCUT2D eigenvalue weighted by atomic mass is 10.0. The first-order valence-corrected chi connectivity index (χ1v) is 13.3. The van der Waals surface area contributed by atoms with Crippen molar-refractivity contribution in [3.8, 4) is 16.9 Å². The molecule has 4 rings (SSSR count). The zero-order valence-corrected chi connectivity index (χ0v) is 21.0. The highest BCUT2D eigenvalue weighted by Gasteiger charge is 2.26. The maximum Gasteiger partial charge on any atom is 0.269 e. The third-order valence-corrected chi connectivity index (χ3v) is 7.09. The van der Waals surface area contributed by atoms with Crippen LogP contribution in [0.1, 0.15) is 38.9 Å². The van der Waals surface area contributed by atoms with E-state index in [4.69, 9.17) is 4.74 Å². The van der Waals surface area contributed by atoms with Crippen LogP contribution in [0, 0.1) is 12.7 Å². The molecule has 2 amide bonds. The molecule has 0 fully saturated rings. The Balaban J connectivity index is 1.61. The van der Waals surface area contributed by atoms with E-state index in [1.165, 1.54) is 13.0 Å². The number of carbonyl (C=O) groups excluding carboxylic acids is 2. The second-order valence-corrected chi connectivity index (χ2v) is 10.5. The summed E-state index contributed by atoms with van der Waals surface area (Å²) in [6.45, 7) is 4.50. The van der Waals surface area contributed by atoms with E-state index < -0.39 is 26.5 Å². The summed E-state index contributed by atoms with van der Waals surface area (Å²) < 4.78 is 44.2. The van der Waals surface area contributed by atoms with Crippen molar-refractivity contribution in [3.63, 3.8) is 0 Å². The number of nitrogens with one attached hydrogen (secondary N) is 1. The van der Waals surface area contributed by atoms with Crippen LogP contribution in [-0.2, 0) is 16.4 Å². The molecule has 3 aromatic rings. The van der Waals surface area contributed by atoms with E-state index in [2.05, 4.69) is 10.3 Å². The molecule has 1 N–H and O–H groups in total. The van der Waals surface area contributed by atoms with Crippen LogP contribution in [0.4, 0.5) is 4.39 Å². The van der Waals surface area contributed by atoms with Gasteiger partial charge in [-0.1, -0.05) is 12.1 Å². The first-order valence-electron chi connectivity index (χ1n) is 11.4. The summed E-state index contributed by atoms with van der Waals surface area (Å²) in [7, 11) is -3.76. The van der Waals surface area contributed by atoms with Gasteiger partial charge in [0, 0.05) is 42.2 Å². The maximum atomic E-state index is 14.8. The number of nitrogens with zero attached hydrogens (tertiary/aromatic N) is 2. The van der Waals surface area contributed by atoms with E-state index in [1.807, 2.05) is 25.1 Å². The maximum absolute atomic E-state index is 14.8. The first kappa shape index (κ1) is 25.3. The quantitative estimate of drug-likeness (QED) is 0.563. The Hall–Kier alpha value is -3.79. The largest absolute Gasteiger partial charge is 0.491 e. The molecule has 0 aliphatic carbocycles. The van der Waals surface area contributed by atoms with E-state index in [0.717, 1.165) is 29.0 Å². The van der Waals surface area contributed by atoms with Crippen LogP contribution in [0.2, 0.25) is 0 Å². The minimum Gasteiger partial charge on any atom is -0.491 e. The average Bonchev–Trinajstić information content (AvgIpc) is 3.06. The van der Waals surface area contributed by atoms with Gasteiger partial charge in [-0.05, 0) is 55.3 Å². The summed E-state index contributed by atoms with van der Waals surface area (Å²) in [5.41, 5.74) is 2.80. The van der Waals surface area contributed by atoms with Gasteiger partial charge in [0.25, 0.3) is 11.8 Å². The molecule has 1 aromatic heterocycles. The van der Waals surface area contributed by atoms with Gasteiger partial charge < -0.3 is 15.0 Å². The Morgan fingerprint density at radius 3 is 2.56 bits per heavy atom. The normalized spacial score (nSPS) is 13.4. The van der Waals surface area contributed by atoms with Crippen LogP contribution >= 0.6 is 0 Å². The van der Waals surface area contributed by atoms with Crippen molar-refractivity contribution in [2.75, 3.05) is 26.0 Å². The van der Waals surface area contributed by atoms with E-state index in [1.54, 1.807) is 23.2 Å². The molecule has 0 saturated carbocycles. The minimum absolute atomic E-state index is 0.0136. The Morgan fingerprint density at radius 1 is 1.14 bits per heavy atom. The molecule has 8 nitrogen and oxygen atoms in total. The highest BCUT2D eigenvalue weighted by atomic mass is 32.2. The summed E-state index contributed by atoms with van der Waals surface area (Å²) in [4.78, 5) is 30.6. The molecule has 0 spiro atoms. The first-order chi connectivity index (χ1) is 17.1. The number of hydrogen-bond acceptors (Lipinski definition) is 6. The molecule has 10 heteroatoms. The van der Waals surface area contributed by atoms with Crippen molar-refractivity contribution >= 4 is 21.7 Å². The zero-order valence-electron chi connectivity index (χ0n) is 20.2. The van der Waals surface area contributed by atoms with Crippen LogP contribution in [0.15, 0.2) is 53.6 Å². The van der Waals surface area contributed by atoms with Crippen molar-refractivity contribution in [2.24, 2.45) is 0 Å². The number of pyridine rings is 1. The predicted molar refractivity (Wildman–Crippen MR) is 132 cm³/mol. The molecule has 2 aromatic carbocycles. The van der Waals surface area contributed by atoms with Gasteiger partial charge in [0.05, 0.1) is 6.54 Å². The van der Waals surface area contributed by atoms with Gasteiger partial charge in [-0.3, -0.25) is 14.6 Å². The van der Waals surface area contributed by atoms with Crippen LogP contribution < -0.4 is 10.1 Å². The standard InChI is InChI=1S/C26H26FN3O5S/c1-4-28-25(31)21-8-5-18(14-29-21)17-6-9-22-19(13-17)15-30(11-12-35-22)26(32)20-7-10-23(36(3,33)34)24(27)16(20)2/h5-10,13-14H,4,11-12,15H2,1-3H3,(H,28,31). The summed E-state index contributed by atoms with van der Waals surface area (Å²) in [6.07, 6.45) is 2.54. The minimum atomic E-state index is -3.76. The van der Waals surface area contributed by atoms with Crippen molar-refractivity contribution in [3.05, 3.63) is 76.9 Å². The summed E-state index contributed by atoms with van der Waals surface area (Å²) >= 11 is 0.